The van der Waals surface area contributed by atoms with Crippen molar-refractivity contribution in [1.29, 1.82) is 0 Å². The van der Waals surface area contributed by atoms with Crippen LogP contribution in [0.3, 0.4) is 0 Å². The van der Waals surface area contributed by atoms with E-state index in [1.807, 2.05) is 11.8 Å². The third-order valence-electron chi connectivity index (χ3n) is 2.90. The van der Waals surface area contributed by atoms with Gasteiger partial charge in [0.25, 0.3) is 0 Å². The molecular formula is C15H25NS. The number of hydrogen-bond donors (Lipinski definition) is 1. The Morgan fingerprint density at radius 2 is 1.82 bits per heavy atom. The van der Waals surface area contributed by atoms with Crippen LogP contribution in [0.1, 0.15) is 42.5 Å². The highest BCUT2D eigenvalue weighted by Gasteiger charge is 2.10. The van der Waals surface area contributed by atoms with Crippen molar-refractivity contribution in [3.8, 4) is 0 Å². The lowest BCUT2D eigenvalue weighted by Crippen LogP contribution is -2.23. The molecule has 0 aliphatic rings. The van der Waals surface area contributed by atoms with Gasteiger partial charge in [0.15, 0.2) is 0 Å². The third-order valence-corrected chi connectivity index (χ3v) is 3.54. The van der Waals surface area contributed by atoms with Gasteiger partial charge >= 0.3 is 0 Å². The Morgan fingerprint density at radius 3 is 2.35 bits per heavy atom. The topological polar surface area (TPSA) is 12.0 Å². The van der Waals surface area contributed by atoms with Gasteiger partial charge in [0.05, 0.1) is 0 Å². The molecule has 0 bridgehead atoms. The van der Waals surface area contributed by atoms with Gasteiger partial charge in [0, 0.05) is 6.04 Å². The summed E-state index contributed by atoms with van der Waals surface area (Å²) in [7, 11) is 0. The largest absolute Gasteiger partial charge is 0.310 e. The zero-order valence-electron chi connectivity index (χ0n) is 11.5. The molecule has 2 heteroatoms. The number of nitrogens with one attached hydrogen (secondary N) is 1. The van der Waals surface area contributed by atoms with E-state index in [2.05, 4.69) is 50.5 Å². The summed E-state index contributed by atoms with van der Waals surface area (Å²) >= 11 is 1.93. The van der Waals surface area contributed by atoms with Crippen LogP contribution in [0.15, 0.2) is 18.2 Å². The van der Waals surface area contributed by atoms with E-state index in [1.165, 1.54) is 35.3 Å². The number of benzene rings is 1. The van der Waals surface area contributed by atoms with Crippen LogP contribution >= 0.6 is 11.8 Å². The SMILES string of the molecule is CCCNC(CCSC)c1cc(C)cc(C)c1. The van der Waals surface area contributed by atoms with Gasteiger partial charge in [0.2, 0.25) is 0 Å². The normalized spacial score (nSPS) is 12.7. The predicted molar refractivity (Wildman–Crippen MR) is 79.9 cm³/mol. The number of thioether (sulfide) groups is 1. The molecular weight excluding hydrogens is 226 g/mol. The third kappa shape index (κ3) is 5.13. The van der Waals surface area contributed by atoms with E-state index in [9.17, 15) is 0 Å². The van der Waals surface area contributed by atoms with Crippen molar-refractivity contribution in [3.63, 3.8) is 0 Å². The van der Waals surface area contributed by atoms with Crippen molar-refractivity contribution in [2.75, 3.05) is 18.6 Å². The molecule has 1 aromatic carbocycles. The summed E-state index contributed by atoms with van der Waals surface area (Å²) in [6.07, 6.45) is 4.59. The summed E-state index contributed by atoms with van der Waals surface area (Å²) in [6, 6.07) is 7.40. The van der Waals surface area contributed by atoms with Crippen LogP contribution in [0.4, 0.5) is 0 Å². The van der Waals surface area contributed by atoms with Gasteiger partial charge < -0.3 is 5.32 Å². The maximum Gasteiger partial charge on any atom is 0.0328 e. The lowest BCUT2D eigenvalue weighted by atomic mass is 9.99. The maximum atomic E-state index is 3.66. The maximum absolute atomic E-state index is 3.66. The monoisotopic (exact) mass is 251 g/mol. The highest BCUT2D eigenvalue weighted by Crippen LogP contribution is 2.21. The average molecular weight is 251 g/mol. The van der Waals surface area contributed by atoms with Crippen LogP contribution in [0.25, 0.3) is 0 Å². The Morgan fingerprint density at radius 1 is 1.18 bits per heavy atom. The van der Waals surface area contributed by atoms with Gasteiger partial charge in [-0.1, -0.05) is 36.2 Å². The molecule has 1 unspecified atom stereocenters. The zero-order valence-corrected chi connectivity index (χ0v) is 12.4. The molecule has 1 nitrogen and oxygen atoms in total. The molecule has 96 valence electrons. The van der Waals surface area contributed by atoms with E-state index >= 15 is 0 Å². The van der Waals surface area contributed by atoms with Crippen molar-refractivity contribution in [3.05, 3.63) is 34.9 Å². The van der Waals surface area contributed by atoms with Crippen LogP contribution in [-0.2, 0) is 0 Å². The summed E-state index contributed by atoms with van der Waals surface area (Å²) in [4.78, 5) is 0. The Kier molecular flexibility index (Phi) is 6.68. The molecule has 0 aliphatic heterocycles. The summed E-state index contributed by atoms with van der Waals surface area (Å²) in [5.74, 6) is 1.22. The lowest BCUT2D eigenvalue weighted by molar-refractivity contribution is 0.521. The highest BCUT2D eigenvalue weighted by molar-refractivity contribution is 7.98. The average Bonchev–Trinajstić information content (AvgIpc) is 2.28. The van der Waals surface area contributed by atoms with Crippen LogP contribution in [0, 0.1) is 13.8 Å². The van der Waals surface area contributed by atoms with Gasteiger partial charge in [-0.3, -0.25) is 0 Å². The number of rotatable bonds is 7. The molecule has 0 amide bonds. The van der Waals surface area contributed by atoms with Crippen LogP contribution in [0.5, 0.6) is 0 Å². The standard InChI is InChI=1S/C15H25NS/c1-5-7-16-15(6-8-17-4)14-10-12(2)9-13(3)11-14/h9-11,15-16H,5-8H2,1-4H3. The molecule has 0 saturated heterocycles. The summed E-state index contributed by atoms with van der Waals surface area (Å²) in [5.41, 5.74) is 4.19. The first-order valence-corrected chi connectivity index (χ1v) is 7.87. The fraction of sp³-hybridized carbons (Fsp3) is 0.600. The molecule has 0 radical (unpaired) electrons. The molecule has 1 atom stereocenters. The van der Waals surface area contributed by atoms with Crippen molar-refractivity contribution in [2.24, 2.45) is 0 Å². The van der Waals surface area contributed by atoms with E-state index in [1.54, 1.807) is 0 Å². The Balaban J connectivity index is 2.78. The molecule has 1 rings (SSSR count). The van der Waals surface area contributed by atoms with E-state index < -0.39 is 0 Å². The minimum atomic E-state index is 0.515. The van der Waals surface area contributed by atoms with E-state index in [4.69, 9.17) is 0 Å². The van der Waals surface area contributed by atoms with Gasteiger partial charge in [-0.15, -0.1) is 0 Å². The van der Waals surface area contributed by atoms with Crippen molar-refractivity contribution in [1.82, 2.24) is 5.32 Å². The molecule has 17 heavy (non-hydrogen) atoms. The fourth-order valence-electron chi connectivity index (χ4n) is 2.15. The number of hydrogen-bond acceptors (Lipinski definition) is 2. The Bertz CT molecular complexity index is 307. The summed E-state index contributed by atoms with van der Waals surface area (Å²) in [5, 5.41) is 3.66. The quantitative estimate of drug-likeness (QED) is 0.783. The van der Waals surface area contributed by atoms with E-state index in [-0.39, 0.29) is 0 Å². The molecule has 0 aromatic heterocycles. The van der Waals surface area contributed by atoms with Crippen LogP contribution in [-0.4, -0.2) is 18.6 Å². The van der Waals surface area contributed by atoms with Gasteiger partial charge in [-0.2, -0.15) is 11.8 Å². The first-order chi connectivity index (χ1) is 8.17. The molecule has 0 aliphatic carbocycles. The molecule has 0 spiro atoms. The van der Waals surface area contributed by atoms with Crippen molar-refractivity contribution in [2.45, 2.75) is 39.7 Å². The molecule has 1 N–H and O–H groups in total. The molecule has 1 aromatic rings. The van der Waals surface area contributed by atoms with Gasteiger partial charge in [-0.05, 0) is 50.8 Å². The first-order valence-electron chi connectivity index (χ1n) is 6.48. The molecule has 0 saturated carbocycles. The number of aryl methyl sites for hydroxylation is 2. The smallest absolute Gasteiger partial charge is 0.0328 e. The minimum Gasteiger partial charge on any atom is -0.310 e. The minimum absolute atomic E-state index is 0.515. The van der Waals surface area contributed by atoms with Gasteiger partial charge in [0.1, 0.15) is 0 Å². The van der Waals surface area contributed by atoms with Crippen LogP contribution < -0.4 is 5.32 Å². The summed E-state index contributed by atoms with van der Waals surface area (Å²) < 4.78 is 0. The lowest BCUT2D eigenvalue weighted by Gasteiger charge is -2.19. The Labute approximate surface area is 110 Å². The fourth-order valence-corrected chi connectivity index (χ4v) is 2.62. The predicted octanol–water partition coefficient (Wildman–Crippen LogP) is 4.10. The first kappa shape index (κ1) is 14.6. The van der Waals surface area contributed by atoms with E-state index in [0.29, 0.717) is 6.04 Å². The molecule has 0 heterocycles. The second kappa shape index (κ2) is 7.78. The Hall–Kier alpha value is -0.470. The van der Waals surface area contributed by atoms with Gasteiger partial charge in [-0.25, -0.2) is 0 Å². The van der Waals surface area contributed by atoms with Crippen LogP contribution in [0.2, 0.25) is 0 Å². The van der Waals surface area contributed by atoms with Crippen molar-refractivity contribution >= 4 is 11.8 Å². The zero-order chi connectivity index (χ0) is 12.7. The second-order valence-corrected chi connectivity index (χ2v) is 5.69. The van der Waals surface area contributed by atoms with Crippen molar-refractivity contribution < 1.29 is 0 Å². The molecule has 0 fully saturated rings. The highest BCUT2D eigenvalue weighted by atomic mass is 32.2. The second-order valence-electron chi connectivity index (χ2n) is 4.71. The summed E-state index contributed by atoms with van der Waals surface area (Å²) in [6.45, 7) is 7.69. The van der Waals surface area contributed by atoms with E-state index in [0.717, 1.165) is 6.54 Å².